The summed E-state index contributed by atoms with van der Waals surface area (Å²) < 4.78 is 0. The van der Waals surface area contributed by atoms with Gasteiger partial charge in [0, 0.05) is 25.7 Å². The zero-order valence-electron chi connectivity index (χ0n) is 12.4. The summed E-state index contributed by atoms with van der Waals surface area (Å²) in [4.78, 5) is 2.56. The Labute approximate surface area is 117 Å². The van der Waals surface area contributed by atoms with Crippen molar-refractivity contribution in [3.63, 3.8) is 0 Å². The van der Waals surface area contributed by atoms with Gasteiger partial charge in [0.2, 0.25) is 0 Å². The molecular formula is C17H26N2. The van der Waals surface area contributed by atoms with E-state index in [9.17, 15) is 0 Å². The van der Waals surface area contributed by atoms with Crippen molar-refractivity contribution in [2.45, 2.75) is 32.4 Å². The molecule has 0 radical (unpaired) electrons. The van der Waals surface area contributed by atoms with E-state index in [-0.39, 0.29) is 5.54 Å². The first-order chi connectivity index (χ1) is 9.07. The molecule has 2 heteroatoms. The van der Waals surface area contributed by atoms with Crippen LogP contribution in [-0.4, -0.2) is 30.6 Å². The molecule has 19 heavy (non-hydrogen) atoms. The van der Waals surface area contributed by atoms with Crippen molar-refractivity contribution in [1.29, 1.82) is 0 Å². The number of hydrogen-bond acceptors (Lipinski definition) is 2. The summed E-state index contributed by atoms with van der Waals surface area (Å²) in [7, 11) is 0. The summed E-state index contributed by atoms with van der Waals surface area (Å²) in [6.45, 7) is 13.8. The van der Waals surface area contributed by atoms with Gasteiger partial charge in [-0.1, -0.05) is 50.3 Å². The molecule has 0 aromatic heterocycles. The number of benzene rings is 1. The minimum atomic E-state index is 0.0374. The fraction of sp³-hybridized carbons (Fsp3) is 0.529. The monoisotopic (exact) mass is 258 g/mol. The Hall–Kier alpha value is -1.12. The Kier molecular flexibility index (Phi) is 4.43. The Balaban J connectivity index is 2.20. The normalized spacial score (nSPS) is 28.5. The molecule has 2 atom stereocenters. The highest BCUT2D eigenvalue weighted by Gasteiger charge is 2.37. The van der Waals surface area contributed by atoms with Crippen LogP contribution in [0.15, 0.2) is 43.0 Å². The molecular weight excluding hydrogens is 232 g/mol. The van der Waals surface area contributed by atoms with Crippen molar-refractivity contribution in [3.8, 4) is 0 Å². The van der Waals surface area contributed by atoms with Gasteiger partial charge in [0.15, 0.2) is 0 Å². The molecule has 2 unspecified atom stereocenters. The van der Waals surface area contributed by atoms with Gasteiger partial charge in [0.05, 0.1) is 5.54 Å². The summed E-state index contributed by atoms with van der Waals surface area (Å²) in [5, 5.41) is 3.76. The molecule has 0 saturated carbocycles. The minimum absolute atomic E-state index is 0.0374. The van der Waals surface area contributed by atoms with E-state index in [1.165, 1.54) is 5.56 Å². The van der Waals surface area contributed by atoms with Crippen molar-refractivity contribution in [1.82, 2.24) is 10.2 Å². The van der Waals surface area contributed by atoms with Gasteiger partial charge in [-0.2, -0.15) is 0 Å². The molecule has 0 amide bonds. The van der Waals surface area contributed by atoms with Crippen LogP contribution in [0.3, 0.4) is 0 Å². The summed E-state index contributed by atoms with van der Waals surface area (Å²) >= 11 is 0. The predicted molar refractivity (Wildman–Crippen MR) is 82.2 cm³/mol. The van der Waals surface area contributed by atoms with Crippen LogP contribution >= 0.6 is 0 Å². The lowest BCUT2D eigenvalue weighted by atomic mass is 9.86. The molecule has 104 valence electrons. The molecule has 1 saturated heterocycles. The molecule has 1 N–H and O–H groups in total. The number of piperazine rings is 1. The first-order valence-corrected chi connectivity index (χ1v) is 7.22. The van der Waals surface area contributed by atoms with Gasteiger partial charge in [-0.05, 0) is 18.4 Å². The third kappa shape index (κ3) is 3.07. The maximum Gasteiger partial charge on any atom is 0.0535 e. The van der Waals surface area contributed by atoms with Crippen molar-refractivity contribution >= 4 is 0 Å². The summed E-state index contributed by atoms with van der Waals surface area (Å²) in [6.07, 6.45) is 2.02. The van der Waals surface area contributed by atoms with Crippen molar-refractivity contribution in [2.75, 3.05) is 19.6 Å². The first-order valence-electron chi connectivity index (χ1n) is 7.22. The van der Waals surface area contributed by atoms with Gasteiger partial charge in [-0.3, -0.25) is 4.90 Å². The van der Waals surface area contributed by atoms with E-state index in [1.54, 1.807) is 0 Å². The quantitative estimate of drug-likeness (QED) is 0.835. The van der Waals surface area contributed by atoms with E-state index in [4.69, 9.17) is 0 Å². The summed E-state index contributed by atoms with van der Waals surface area (Å²) in [5.74, 6) is 0.660. The predicted octanol–water partition coefficient (Wildman–Crippen LogP) is 3.02. The van der Waals surface area contributed by atoms with Crippen LogP contribution in [-0.2, 0) is 5.54 Å². The van der Waals surface area contributed by atoms with Crippen LogP contribution in [0.5, 0.6) is 0 Å². The van der Waals surface area contributed by atoms with Crippen LogP contribution in [0.2, 0.25) is 0 Å². The second-order valence-electron chi connectivity index (χ2n) is 6.11. The Morgan fingerprint density at radius 3 is 2.68 bits per heavy atom. The molecule has 0 spiro atoms. The number of nitrogens with one attached hydrogen (secondary N) is 1. The van der Waals surface area contributed by atoms with Crippen LogP contribution in [0.4, 0.5) is 0 Å². The summed E-state index contributed by atoms with van der Waals surface area (Å²) in [5.41, 5.74) is 1.40. The maximum absolute atomic E-state index is 3.91. The lowest BCUT2D eigenvalue weighted by molar-refractivity contribution is 0.0716. The largest absolute Gasteiger partial charge is 0.305 e. The Bertz CT molecular complexity index is 413. The molecule has 0 aliphatic carbocycles. The minimum Gasteiger partial charge on any atom is -0.305 e. The zero-order valence-corrected chi connectivity index (χ0v) is 12.4. The molecule has 2 nitrogen and oxygen atoms in total. The SMILES string of the molecule is C=CCN1CC(C)(c2ccccc2)NCC1C(C)C. The van der Waals surface area contributed by atoms with E-state index in [1.807, 2.05) is 6.08 Å². The number of nitrogens with zero attached hydrogens (tertiary/aromatic N) is 1. The highest BCUT2D eigenvalue weighted by molar-refractivity contribution is 5.25. The van der Waals surface area contributed by atoms with Crippen LogP contribution < -0.4 is 5.32 Å². The van der Waals surface area contributed by atoms with Gasteiger partial charge in [0.25, 0.3) is 0 Å². The van der Waals surface area contributed by atoms with Gasteiger partial charge in [-0.25, -0.2) is 0 Å². The Morgan fingerprint density at radius 1 is 1.42 bits per heavy atom. The second kappa shape index (κ2) is 5.89. The molecule has 1 fully saturated rings. The third-order valence-electron chi connectivity index (χ3n) is 4.23. The average molecular weight is 258 g/mol. The standard InChI is InChI=1S/C17H26N2/c1-5-11-19-13-17(4,15-9-7-6-8-10-15)18-12-16(19)14(2)3/h5-10,14,16,18H,1,11-13H2,2-4H3. The smallest absolute Gasteiger partial charge is 0.0535 e. The van der Waals surface area contributed by atoms with E-state index in [2.05, 4.69) is 67.9 Å². The van der Waals surface area contributed by atoms with Crippen molar-refractivity contribution in [2.24, 2.45) is 5.92 Å². The molecule has 1 aromatic carbocycles. The molecule has 1 heterocycles. The molecule has 1 aliphatic rings. The zero-order chi connectivity index (χ0) is 13.9. The van der Waals surface area contributed by atoms with Crippen LogP contribution in [0, 0.1) is 5.92 Å². The highest BCUT2D eigenvalue weighted by Crippen LogP contribution is 2.28. The first kappa shape index (κ1) is 14.3. The lowest BCUT2D eigenvalue weighted by Crippen LogP contribution is -2.62. The fourth-order valence-electron chi connectivity index (χ4n) is 3.06. The Morgan fingerprint density at radius 2 is 2.11 bits per heavy atom. The maximum atomic E-state index is 3.91. The van der Waals surface area contributed by atoms with Crippen molar-refractivity contribution < 1.29 is 0 Å². The van der Waals surface area contributed by atoms with E-state index >= 15 is 0 Å². The second-order valence-corrected chi connectivity index (χ2v) is 6.11. The molecule has 0 bridgehead atoms. The number of rotatable bonds is 4. The van der Waals surface area contributed by atoms with E-state index in [0.717, 1.165) is 19.6 Å². The lowest BCUT2D eigenvalue weighted by Gasteiger charge is -2.47. The molecule has 1 aliphatic heterocycles. The highest BCUT2D eigenvalue weighted by atomic mass is 15.3. The van der Waals surface area contributed by atoms with Gasteiger partial charge in [0.1, 0.15) is 0 Å². The van der Waals surface area contributed by atoms with Crippen LogP contribution in [0.1, 0.15) is 26.3 Å². The topological polar surface area (TPSA) is 15.3 Å². The molecule has 1 aromatic rings. The average Bonchev–Trinajstić information content (AvgIpc) is 2.40. The van der Waals surface area contributed by atoms with Crippen LogP contribution in [0.25, 0.3) is 0 Å². The third-order valence-corrected chi connectivity index (χ3v) is 4.23. The van der Waals surface area contributed by atoms with Gasteiger partial charge in [-0.15, -0.1) is 6.58 Å². The summed E-state index contributed by atoms with van der Waals surface area (Å²) in [6, 6.07) is 11.3. The van der Waals surface area contributed by atoms with Gasteiger partial charge < -0.3 is 5.32 Å². The van der Waals surface area contributed by atoms with E-state index in [0.29, 0.717) is 12.0 Å². The van der Waals surface area contributed by atoms with Crippen molar-refractivity contribution in [3.05, 3.63) is 48.6 Å². The fourth-order valence-corrected chi connectivity index (χ4v) is 3.06. The van der Waals surface area contributed by atoms with E-state index < -0.39 is 0 Å². The van der Waals surface area contributed by atoms with Gasteiger partial charge >= 0.3 is 0 Å². The number of hydrogen-bond donors (Lipinski definition) is 1. The molecule has 2 rings (SSSR count).